The molecule has 1 unspecified atom stereocenters. The van der Waals surface area contributed by atoms with Crippen LogP contribution in [0, 0.1) is 0 Å². The smallest absolute Gasteiger partial charge is 0.288 e. The Morgan fingerprint density at radius 2 is 1.84 bits per heavy atom. The van der Waals surface area contributed by atoms with E-state index in [1.54, 1.807) is 6.07 Å². The summed E-state index contributed by atoms with van der Waals surface area (Å²) in [4.78, 5) is 26.0. The second-order valence-electron chi connectivity index (χ2n) is 7.61. The van der Waals surface area contributed by atoms with Gasteiger partial charge >= 0.3 is 0 Å². The first-order valence-corrected chi connectivity index (χ1v) is 10.9. The lowest BCUT2D eigenvalue weighted by Crippen LogP contribution is -2.22. The lowest BCUT2D eigenvalue weighted by Gasteiger charge is -2.16. The minimum absolute atomic E-state index is 0.0768. The predicted octanol–water partition coefficient (Wildman–Crippen LogP) is 4.77. The molecule has 162 valence electrons. The number of nitrogens with one attached hydrogen (secondary N) is 1. The third kappa shape index (κ3) is 3.90. The van der Waals surface area contributed by atoms with Crippen molar-refractivity contribution in [2.45, 2.75) is 46.1 Å². The van der Waals surface area contributed by atoms with Crippen LogP contribution in [0.1, 0.15) is 66.9 Å². The van der Waals surface area contributed by atoms with E-state index in [2.05, 4.69) is 12.2 Å². The van der Waals surface area contributed by atoms with Crippen LogP contribution >= 0.6 is 0 Å². The van der Waals surface area contributed by atoms with E-state index < -0.39 is 6.04 Å². The fourth-order valence-corrected chi connectivity index (χ4v) is 3.84. The number of unbranched alkanes of at least 4 members (excludes halogenated alkanes) is 1. The Kier molecular flexibility index (Phi) is 5.98. The highest BCUT2D eigenvalue weighted by Gasteiger charge is 2.36. The Hall–Kier alpha value is -3.28. The van der Waals surface area contributed by atoms with E-state index in [4.69, 9.17) is 13.9 Å². The molecule has 0 fully saturated rings. The van der Waals surface area contributed by atoms with Gasteiger partial charge < -0.3 is 19.2 Å². The van der Waals surface area contributed by atoms with Crippen LogP contribution in [-0.4, -0.2) is 19.1 Å². The van der Waals surface area contributed by atoms with Crippen molar-refractivity contribution in [2.24, 2.45) is 0 Å². The van der Waals surface area contributed by atoms with Gasteiger partial charge in [-0.3, -0.25) is 9.59 Å². The average Bonchev–Trinajstić information content (AvgIpc) is 3.11. The van der Waals surface area contributed by atoms with Crippen LogP contribution < -0.4 is 20.2 Å². The SMILES string of the molecule is CCCCOc1ccc(C2NC(=O)c3oc4ccc(CC)cc4c(=O)c32)cc1OCC. The van der Waals surface area contributed by atoms with Crippen LogP contribution in [0.5, 0.6) is 11.5 Å². The Bertz CT molecular complexity index is 1180. The highest BCUT2D eigenvalue weighted by atomic mass is 16.5. The van der Waals surface area contributed by atoms with Gasteiger partial charge in [-0.15, -0.1) is 0 Å². The maximum atomic E-state index is 13.4. The van der Waals surface area contributed by atoms with Gasteiger partial charge in [-0.05, 0) is 55.2 Å². The van der Waals surface area contributed by atoms with E-state index in [9.17, 15) is 9.59 Å². The standard InChI is InChI=1S/C25H27NO5/c1-4-7-12-30-19-11-9-16(14-20(19)29-6-3)22-21-23(27)17-13-15(5-2)8-10-18(17)31-24(21)25(28)26-22/h8-11,13-14,22H,4-7,12H2,1-3H3,(H,26,28). The first-order valence-electron chi connectivity index (χ1n) is 10.9. The van der Waals surface area contributed by atoms with Crippen molar-refractivity contribution < 1.29 is 18.7 Å². The second kappa shape index (κ2) is 8.84. The number of aryl methyl sites for hydroxylation is 1. The number of hydrogen-bond acceptors (Lipinski definition) is 5. The lowest BCUT2D eigenvalue weighted by molar-refractivity contribution is 0.0938. The largest absolute Gasteiger partial charge is 0.490 e. The molecule has 0 saturated heterocycles. The number of rotatable bonds is 8. The summed E-state index contributed by atoms with van der Waals surface area (Å²) in [6, 6.07) is 10.4. The highest BCUT2D eigenvalue weighted by Crippen LogP contribution is 2.36. The Morgan fingerprint density at radius 1 is 1.00 bits per heavy atom. The molecule has 0 aliphatic carbocycles. The summed E-state index contributed by atoms with van der Waals surface area (Å²) in [5.41, 5.74) is 2.37. The van der Waals surface area contributed by atoms with E-state index in [0.717, 1.165) is 30.4 Å². The van der Waals surface area contributed by atoms with Crippen molar-refractivity contribution in [3.8, 4) is 11.5 Å². The van der Waals surface area contributed by atoms with Crippen LogP contribution in [0.15, 0.2) is 45.6 Å². The fourth-order valence-electron chi connectivity index (χ4n) is 3.84. The van der Waals surface area contributed by atoms with Crippen molar-refractivity contribution >= 4 is 16.9 Å². The van der Waals surface area contributed by atoms with Gasteiger partial charge in [-0.25, -0.2) is 0 Å². The minimum Gasteiger partial charge on any atom is -0.490 e. The first-order chi connectivity index (χ1) is 15.1. The van der Waals surface area contributed by atoms with Crippen LogP contribution in [0.3, 0.4) is 0 Å². The van der Waals surface area contributed by atoms with Crippen molar-refractivity contribution in [1.82, 2.24) is 5.32 Å². The monoisotopic (exact) mass is 421 g/mol. The minimum atomic E-state index is -0.600. The fraction of sp³-hybridized carbons (Fsp3) is 0.360. The van der Waals surface area contributed by atoms with Gasteiger partial charge in [0.05, 0.1) is 30.2 Å². The second-order valence-corrected chi connectivity index (χ2v) is 7.61. The number of fused-ring (bicyclic) bond motifs is 2. The lowest BCUT2D eigenvalue weighted by atomic mass is 9.98. The molecule has 6 heteroatoms. The molecule has 0 spiro atoms. The Morgan fingerprint density at radius 3 is 2.58 bits per heavy atom. The van der Waals surface area contributed by atoms with Gasteiger partial charge in [-0.2, -0.15) is 0 Å². The summed E-state index contributed by atoms with van der Waals surface area (Å²) < 4.78 is 17.5. The molecule has 0 radical (unpaired) electrons. The first kappa shape index (κ1) is 21.0. The van der Waals surface area contributed by atoms with E-state index >= 15 is 0 Å². The van der Waals surface area contributed by atoms with E-state index in [1.165, 1.54) is 0 Å². The van der Waals surface area contributed by atoms with Crippen LogP contribution in [-0.2, 0) is 6.42 Å². The van der Waals surface area contributed by atoms with Crippen molar-refractivity contribution in [1.29, 1.82) is 0 Å². The Labute approximate surface area is 181 Å². The summed E-state index contributed by atoms with van der Waals surface area (Å²) in [6.45, 7) is 7.13. The molecule has 4 rings (SSSR count). The summed E-state index contributed by atoms with van der Waals surface area (Å²) in [5, 5.41) is 3.38. The number of benzene rings is 2. The topological polar surface area (TPSA) is 77.8 Å². The van der Waals surface area contributed by atoms with Gasteiger partial charge in [0, 0.05) is 0 Å². The molecule has 1 aliphatic heterocycles. The number of ether oxygens (including phenoxy) is 2. The van der Waals surface area contributed by atoms with Gasteiger partial charge in [0.15, 0.2) is 16.9 Å². The average molecular weight is 421 g/mol. The number of carbonyl (C=O) groups excluding carboxylic acids is 1. The molecule has 1 aliphatic rings. The molecule has 1 N–H and O–H groups in total. The number of amides is 1. The van der Waals surface area contributed by atoms with Gasteiger partial charge in [0.1, 0.15) is 5.58 Å². The van der Waals surface area contributed by atoms with Crippen molar-refractivity contribution in [3.05, 3.63) is 69.1 Å². The predicted molar refractivity (Wildman–Crippen MR) is 119 cm³/mol. The maximum absolute atomic E-state index is 13.4. The molecule has 6 nitrogen and oxygen atoms in total. The van der Waals surface area contributed by atoms with Crippen LogP contribution in [0.4, 0.5) is 0 Å². The quantitative estimate of drug-likeness (QED) is 0.530. The molecule has 31 heavy (non-hydrogen) atoms. The normalized spacial score (nSPS) is 15.1. The zero-order chi connectivity index (χ0) is 22.0. The van der Waals surface area contributed by atoms with E-state index in [-0.39, 0.29) is 17.1 Å². The maximum Gasteiger partial charge on any atom is 0.288 e. The molecular formula is C25H27NO5. The molecular weight excluding hydrogens is 394 g/mol. The molecule has 0 saturated carbocycles. The summed E-state index contributed by atoms with van der Waals surface area (Å²) in [5.74, 6) is 0.937. The molecule has 2 heterocycles. The molecule has 1 aromatic heterocycles. The zero-order valence-corrected chi connectivity index (χ0v) is 18.1. The molecule has 1 atom stereocenters. The van der Waals surface area contributed by atoms with E-state index in [0.29, 0.717) is 41.2 Å². The molecule has 0 bridgehead atoms. The molecule has 1 amide bonds. The van der Waals surface area contributed by atoms with E-state index in [1.807, 2.05) is 44.2 Å². The molecule has 2 aromatic carbocycles. The van der Waals surface area contributed by atoms with Crippen molar-refractivity contribution in [2.75, 3.05) is 13.2 Å². The number of hydrogen-bond donors (Lipinski definition) is 1. The van der Waals surface area contributed by atoms with Gasteiger partial charge in [0.25, 0.3) is 5.91 Å². The third-order valence-electron chi connectivity index (χ3n) is 5.52. The molecule has 3 aromatic rings. The summed E-state index contributed by atoms with van der Waals surface area (Å²) in [6.07, 6.45) is 2.80. The Balaban J connectivity index is 1.78. The van der Waals surface area contributed by atoms with Gasteiger partial charge in [-0.1, -0.05) is 32.4 Å². The van der Waals surface area contributed by atoms with Crippen molar-refractivity contribution in [3.63, 3.8) is 0 Å². The van der Waals surface area contributed by atoms with Crippen LogP contribution in [0.25, 0.3) is 11.0 Å². The zero-order valence-electron chi connectivity index (χ0n) is 18.1. The number of carbonyl (C=O) groups is 1. The highest BCUT2D eigenvalue weighted by molar-refractivity contribution is 5.99. The van der Waals surface area contributed by atoms with Crippen LogP contribution in [0.2, 0.25) is 0 Å². The third-order valence-corrected chi connectivity index (χ3v) is 5.52. The summed E-state index contributed by atoms with van der Waals surface area (Å²) in [7, 11) is 0. The summed E-state index contributed by atoms with van der Waals surface area (Å²) >= 11 is 0. The van der Waals surface area contributed by atoms with Gasteiger partial charge in [0.2, 0.25) is 5.76 Å².